The first-order chi connectivity index (χ1) is 9.60. The van der Waals surface area contributed by atoms with Crippen LogP contribution in [0.3, 0.4) is 0 Å². The summed E-state index contributed by atoms with van der Waals surface area (Å²) < 4.78 is 0. The molecular weight excluding hydrogens is 252 g/mol. The number of anilines is 1. The largest absolute Gasteiger partial charge is 0.393 e. The van der Waals surface area contributed by atoms with Gasteiger partial charge in [-0.1, -0.05) is 19.1 Å². The number of aliphatic hydroxyl groups excluding tert-OH is 1. The summed E-state index contributed by atoms with van der Waals surface area (Å²) in [5.41, 5.74) is 2.08. The highest BCUT2D eigenvalue weighted by molar-refractivity contribution is 5.89. The minimum absolute atomic E-state index is 0.0698. The number of piperidine rings is 1. The maximum atomic E-state index is 12.2. The number of benzene rings is 1. The molecule has 1 aliphatic heterocycles. The lowest BCUT2D eigenvalue weighted by molar-refractivity contribution is 0.0766. The molecule has 0 spiro atoms. The summed E-state index contributed by atoms with van der Waals surface area (Å²) in [6.45, 7) is 5.31. The number of carbonyl (C=O) groups excluding carboxylic acids is 1. The third-order valence-electron chi connectivity index (χ3n) is 4.04. The molecule has 1 aromatic rings. The summed E-state index contributed by atoms with van der Waals surface area (Å²) in [5.74, 6) is 0.192. The average molecular weight is 276 g/mol. The van der Waals surface area contributed by atoms with Crippen LogP contribution in [-0.2, 0) is 6.42 Å². The van der Waals surface area contributed by atoms with Crippen LogP contribution in [-0.4, -0.2) is 35.2 Å². The van der Waals surface area contributed by atoms with Crippen LogP contribution in [0, 0.1) is 5.92 Å². The van der Waals surface area contributed by atoms with Gasteiger partial charge in [0.15, 0.2) is 0 Å². The lowest BCUT2D eigenvalue weighted by atomic mass is 9.94. The molecule has 0 aliphatic carbocycles. The molecule has 4 nitrogen and oxygen atoms in total. The number of carbonyl (C=O) groups is 1. The molecule has 1 fully saturated rings. The number of hydrogen-bond acceptors (Lipinski definition) is 2. The molecule has 0 aromatic heterocycles. The molecule has 2 unspecified atom stereocenters. The zero-order chi connectivity index (χ0) is 14.5. The number of hydrogen-bond donors (Lipinski definition) is 2. The predicted octanol–water partition coefficient (Wildman–Crippen LogP) is 2.87. The third kappa shape index (κ3) is 3.73. The lowest BCUT2D eigenvalue weighted by Crippen LogP contribution is -2.44. The summed E-state index contributed by atoms with van der Waals surface area (Å²) in [6, 6.07) is 7.87. The Morgan fingerprint density at radius 3 is 2.75 bits per heavy atom. The minimum atomic E-state index is -0.352. The lowest BCUT2D eigenvalue weighted by Gasteiger charge is -2.34. The molecule has 1 heterocycles. The summed E-state index contributed by atoms with van der Waals surface area (Å²) in [4.78, 5) is 14.0. The highest BCUT2D eigenvalue weighted by atomic mass is 16.3. The molecule has 20 heavy (non-hydrogen) atoms. The van der Waals surface area contributed by atoms with E-state index in [0.717, 1.165) is 31.5 Å². The van der Waals surface area contributed by atoms with Gasteiger partial charge in [0.05, 0.1) is 6.10 Å². The van der Waals surface area contributed by atoms with E-state index in [-0.39, 0.29) is 18.1 Å². The van der Waals surface area contributed by atoms with Crippen molar-refractivity contribution in [2.75, 3.05) is 18.4 Å². The summed E-state index contributed by atoms with van der Waals surface area (Å²) in [6.07, 6.45) is 2.59. The van der Waals surface area contributed by atoms with E-state index in [2.05, 4.69) is 12.2 Å². The second kappa shape index (κ2) is 6.75. The Kier molecular flexibility index (Phi) is 5.01. The summed E-state index contributed by atoms with van der Waals surface area (Å²) in [7, 11) is 0. The van der Waals surface area contributed by atoms with Crippen molar-refractivity contribution in [1.82, 2.24) is 4.90 Å². The fraction of sp³-hybridized carbons (Fsp3) is 0.562. The van der Waals surface area contributed by atoms with Gasteiger partial charge in [-0.05, 0) is 43.9 Å². The Labute approximate surface area is 120 Å². The molecule has 0 bridgehead atoms. The quantitative estimate of drug-likeness (QED) is 0.892. The van der Waals surface area contributed by atoms with E-state index in [1.54, 1.807) is 11.8 Å². The van der Waals surface area contributed by atoms with E-state index in [1.165, 1.54) is 5.56 Å². The van der Waals surface area contributed by atoms with Crippen LogP contribution >= 0.6 is 0 Å². The van der Waals surface area contributed by atoms with Gasteiger partial charge < -0.3 is 15.3 Å². The molecule has 0 saturated carbocycles. The van der Waals surface area contributed by atoms with E-state index in [0.29, 0.717) is 6.54 Å². The van der Waals surface area contributed by atoms with Gasteiger partial charge in [0.2, 0.25) is 0 Å². The van der Waals surface area contributed by atoms with Gasteiger partial charge in [-0.3, -0.25) is 0 Å². The third-order valence-corrected chi connectivity index (χ3v) is 4.04. The summed E-state index contributed by atoms with van der Waals surface area (Å²) in [5, 5.41) is 12.6. The van der Waals surface area contributed by atoms with Crippen molar-refractivity contribution >= 4 is 11.7 Å². The molecule has 110 valence electrons. The maximum absolute atomic E-state index is 12.2. The normalized spacial score (nSPS) is 20.6. The van der Waals surface area contributed by atoms with Crippen LogP contribution in [0.25, 0.3) is 0 Å². The average Bonchev–Trinajstić information content (AvgIpc) is 2.48. The zero-order valence-electron chi connectivity index (χ0n) is 12.3. The van der Waals surface area contributed by atoms with Gasteiger partial charge in [-0.15, -0.1) is 0 Å². The smallest absolute Gasteiger partial charge is 0.321 e. The van der Waals surface area contributed by atoms with Crippen molar-refractivity contribution in [3.05, 3.63) is 29.8 Å². The van der Waals surface area contributed by atoms with Crippen LogP contribution in [0.4, 0.5) is 10.5 Å². The number of urea groups is 1. The molecule has 0 radical (unpaired) electrons. The maximum Gasteiger partial charge on any atom is 0.321 e. The van der Waals surface area contributed by atoms with E-state index in [4.69, 9.17) is 0 Å². The number of nitrogens with zero attached hydrogens (tertiary/aromatic N) is 1. The van der Waals surface area contributed by atoms with Crippen molar-refractivity contribution in [1.29, 1.82) is 0 Å². The first-order valence-electron chi connectivity index (χ1n) is 7.43. The van der Waals surface area contributed by atoms with Crippen LogP contribution in [0.15, 0.2) is 24.3 Å². The number of aryl methyl sites for hydroxylation is 1. The fourth-order valence-corrected chi connectivity index (χ4v) is 2.61. The van der Waals surface area contributed by atoms with Crippen LogP contribution in [0.5, 0.6) is 0 Å². The Balaban J connectivity index is 1.93. The molecular formula is C16H24N2O2. The molecule has 2 atom stereocenters. The number of aliphatic hydroxyl groups is 1. The second-order valence-corrected chi connectivity index (χ2v) is 5.57. The van der Waals surface area contributed by atoms with E-state index < -0.39 is 0 Å². The van der Waals surface area contributed by atoms with Crippen molar-refractivity contribution in [3.63, 3.8) is 0 Å². The monoisotopic (exact) mass is 276 g/mol. The Hall–Kier alpha value is -1.55. The van der Waals surface area contributed by atoms with E-state index in [9.17, 15) is 9.90 Å². The highest BCUT2D eigenvalue weighted by Crippen LogP contribution is 2.20. The fourth-order valence-electron chi connectivity index (χ4n) is 2.61. The molecule has 2 N–H and O–H groups in total. The topological polar surface area (TPSA) is 52.6 Å². The first-order valence-corrected chi connectivity index (χ1v) is 7.43. The van der Waals surface area contributed by atoms with Crippen LogP contribution < -0.4 is 5.32 Å². The van der Waals surface area contributed by atoms with Crippen LogP contribution in [0.2, 0.25) is 0 Å². The van der Waals surface area contributed by atoms with Gasteiger partial charge in [-0.2, -0.15) is 0 Å². The molecule has 2 amide bonds. The Bertz CT molecular complexity index is 442. The number of likely N-dealkylation sites (tertiary alicyclic amines) is 1. The molecule has 4 heteroatoms. The standard InChI is InChI=1S/C16H24N2O2/c1-3-13-6-8-15(9-7-13)17-16(20)18-10-4-5-14(11-18)12(2)19/h6-9,12,14,19H,3-5,10-11H2,1-2H3,(H,17,20). The molecule has 1 aliphatic rings. The number of nitrogens with one attached hydrogen (secondary N) is 1. The van der Waals surface area contributed by atoms with Crippen molar-refractivity contribution < 1.29 is 9.90 Å². The second-order valence-electron chi connectivity index (χ2n) is 5.57. The van der Waals surface area contributed by atoms with Gasteiger partial charge in [0.25, 0.3) is 0 Å². The summed E-state index contributed by atoms with van der Waals surface area (Å²) >= 11 is 0. The van der Waals surface area contributed by atoms with Gasteiger partial charge >= 0.3 is 6.03 Å². The van der Waals surface area contributed by atoms with Gasteiger partial charge in [0.1, 0.15) is 0 Å². The van der Waals surface area contributed by atoms with Gasteiger partial charge in [0, 0.05) is 24.7 Å². The van der Waals surface area contributed by atoms with Crippen molar-refractivity contribution in [2.24, 2.45) is 5.92 Å². The Morgan fingerprint density at radius 1 is 1.45 bits per heavy atom. The van der Waals surface area contributed by atoms with Crippen LogP contribution in [0.1, 0.15) is 32.3 Å². The molecule has 2 rings (SSSR count). The van der Waals surface area contributed by atoms with Crippen molar-refractivity contribution in [3.8, 4) is 0 Å². The van der Waals surface area contributed by atoms with E-state index in [1.807, 2.05) is 24.3 Å². The van der Waals surface area contributed by atoms with Crippen molar-refractivity contribution in [2.45, 2.75) is 39.2 Å². The zero-order valence-corrected chi connectivity index (χ0v) is 12.3. The Morgan fingerprint density at radius 2 is 2.15 bits per heavy atom. The van der Waals surface area contributed by atoms with E-state index >= 15 is 0 Å². The minimum Gasteiger partial charge on any atom is -0.393 e. The molecule has 1 aromatic carbocycles. The SMILES string of the molecule is CCc1ccc(NC(=O)N2CCCC(C(C)O)C2)cc1. The predicted molar refractivity (Wildman–Crippen MR) is 80.8 cm³/mol. The van der Waals surface area contributed by atoms with Gasteiger partial charge in [-0.25, -0.2) is 4.79 Å². The molecule has 1 saturated heterocycles. The number of amides is 2. The first kappa shape index (κ1) is 14.9. The number of rotatable bonds is 3. The highest BCUT2D eigenvalue weighted by Gasteiger charge is 2.26.